The van der Waals surface area contributed by atoms with Gasteiger partial charge in [-0.2, -0.15) is 0 Å². The zero-order chi connectivity index (χ0) is 16.1. The van der Waals surface area contributed by atoms with Gasteiger partial charge in [-0.1, -0.05) is 30.3 Å². The van der Waals surface area contributed by atoms with E-state index in [1.807, 2.05) is 18.2 Å². The third kappa shape index (κ3) is 3.92. The summed E-state index contributed by atoms with van der Waals surface area (Å²) in [6.07, 6.45) is 3.02. The van der Waals surface area contributed by atoms with Gasteiger partial charge >= 0.3 is 0 Å². The van der Waals surface area contributed by atoms with Crippen molar-refractivity contribution in [3.63, 3.8) is 0 Å². The summed E-state index contributed by atoms with van der Waals surface area (Å²) in [7, 11) is 0. The lowest BCUT2D eigenvalue weighted by atomic mass is 10.1. The SMILES string of the molecule is O=C(NCCCCc1ccccc1)c1cc2cc(O)ccc2[nH]1. The lowest BCUT2D eigenvalue weighted by molar-refractivity contribution is 0.0949. The van der Waals surface area contributed by atoms with Crippen LogP contribution >= 0.6 is 0 Å². The molecule has 0 aliphatic heterocycles. The predicted molar refractivity (Wildman–Crippen MR) is 91.7 cm³/mol. The number of amides is 1. The maximum Gasteiger partial charge on any atom is 0.267 e. The molecular formula is C19H20N2O2. The second kappa shape index (κ2) is 7.01. The molecule has 0 atom stereocenters. The van der Waals surface area contributed by atoms with Crippen LogP contribution in [0, 0.1) is 0 Å². The topological polar surface area (TPSA) is 65.1 Å². The molecule has 3 rings (SSSR count). The number of aryl methyl sites for hydroxylation is 1. The summed E-state index contributed by atoms with van der Waals surface area (Å²) >= 11 is 0. The van der Waals surface area contributed by atoms with Gasteiger partial charge in [0.1, 0.15) is 11.4 Å². The van der Waals surface area contributed by atoms with Crippen LogP contribution in [0.25, 0.3) is 10.9 Å². The highest BCUT2D eigenvalue weighted by Gasteiger charge is 2.09. The van der Waals surface area contributed by atoms with E-state index in [9.17, 15) is 9.90 Å². The average molecular weight is 308 g/mol. The number of carbonyl (C=O) groups is 1. The Balaban J connectivity index is 1.47. The molecule has 1 heterocycles. The quantitative estimate of drug-likeness (QED) is 0.609. The van der Waals surface area contributed by atoms with E-state index in [2.05, 4.69) is 22.4 Å². The number of fused-ring (bicyclic) bond motifs is 1. The second-order valence-corrected chi connectivity index (χ2v) is 5.65. The summed E-state index contributed by atoms with van der Waals surface area (Å²) in [6.45, 7) is 0.659. The molecule has 1 amide bonds. The van der Waals surface area contributed by atoms with Crippen LogP contribution in [0.15, 0.2) is 54.6 Å². The maximum absolute atomic E-state index is 12.1. The van der Waals surface area contributed by atoms with Gasteiger partial charge < -0.3 is 15.4 Å². The molecule has 0 saturated heterocycles. The minimum atomic E-state index is -0.111. The van der Waals surface area contributed by atoms with Crippen LogP contribution in [0.5, 0.6) is 5.75 Å². The fourth-order valence-electron chi connectivity index (χ4n) is 2.64. The molecule has 1 aromatic heterocycles. The highest BCUT2D eigenvalue weighted by Crippen LogP contribution is 2.20. The molecule has 0 unspecified atom stereocenters. The number of rotatable bonds is 6. The highest BCUT2D eigenvalue weighted by atomic mass is 16.3. The Morgan fingerprint density at radius 2 is 1.87 bits per heavy atom. The molecule has 3 aromatic rings. The van der Waals surface area contributed by atoms with Crippen molar-refractivity contribution in [2.45, 2.75) is 19.3 Å². The van der Waals surface area contributed by atoms with Gasteiger partial charge in [0, 0.05) is 17.4 Å². The third-order valence-electron chi connectivity index (χ3n) is 3.87. The van der Waals surface area contributed by atoms with E-state index in [-0.39, 0.29) is 11.7 Å². The number of aromatic amines is 1. The van der Waals surface area contributed by atoms with Gasteiger partial charge in [-0.25, -0.2) is 0 Å². The van der Waals surface area contributed by atoms with Crippen LogP contribution < -0.4 is 5.32 Å². The first-order valence-electron chi connectivity index (χ1n) is 7.86. The number of aromatic nitrogens is 1. The molecule has 0 bridgehead atoms. The van der Waals surface area contributed by atoms with Crippen molar-refractivity contribution in [1.29, 1.82) is 0 Å². The summed E-state index contributed by atoms with van der Waals surface area (Å²) < 4.78 is 0. The predicted octanol–water partition coefficient (Wildman–Crippen LogP) is 3.63. The number of carbonyl (C=O) groups excluding carboxylic acids is 1. The first-order chi connectivity index (χ1) is 11.2. The van der Waals surface area contributed by atoms with Crippen molar-refractivity contribution in [3.8, 4) is 5.75 Å². The number of phenols is 1. The van der Waals surface area contributed by atoms with E-state index in [1.165, 1.54) is 5.56 Å². The zero-order valence-electron chi connectivity index (χ0n) is 12.9. The standard InChI is InChI=1S/C19H20N2O2/c22-16-9-10-17-15(12-16)13-18(21-17)19(23)20-11-5-4-8-14-6-2-1-3-7-14/h1-3,6-7,9-10,12-13,21-22H,4-5,8,11H2,(H,20,23). The molecule has 0 spiro atoms. The second-order valence-electron chi connectivity index (χ2n) is 5.65. The van der Waals surface area contributed by atoms with Gasteiger partial charge in [0.2, 0.25) is 0 Å². The zero-order valence-corrected chi connectivity index (χ0v) is 12.9. The molecule has 118 valence electrons. The van der Waals surface area contributed by atoms with E-state index in [4.69, 9.17) is 0 Å². The Kier molecular flexibility index (Phi) is 4.62. The lowest BCUT2D eigenvalue weighted by Gasteiger charge is -2.04. The Labute approximate surface area is 135 Å². The van der Waals surface area contributed by atoms with Crippen LogP contribution in [-0.2, 0) is 6.42 Å². The number of aromatic hydroxyl groups is 1. The van der Waals surface area contributed by atoms with Crippen molar-refractivity contribution in [2.75, 3.05) is 6.54 Å². The van der Waals surface area contributed by atoms with Gasteiger partial charge in [0.25, 0.3) is 5.91 Å². The van der Waals surface area contributed by atoms with Gasteiger partial charge in [-0.15, -0.1) is 0 Å². The highest BCUT2D eigenvalue weighted by molar-refractivity contribution is 5.98. The maximum atomic E-state index is 12.1. The van der Waals surface area contributed by atoms with Crippen molar-refractivity contribution in [2.24, 2.45) is 0 Å². The molecule has 4 nitrogen and oxygen atoms in total. The summed E-state index contributed by atoms with van der Waals surface area (Å²) in [5.74, 6) is 0.0878. The average Bonchev–Trinajstić information content (AvgIpc) is 2.98. The molecule has 23 heavy (non-hydrogen) atoms. The number of phenolic OH excluding ortho intramolecular Hbond substituents is 1. The van der Waals surface area contributed by atoms with Crippen LogP contribution in [0.3, 0.4) is 0 Å². The molecule has 0 aliphatic carbocycles. The number of benzene rings is 2. The molecule has 0 saturated carbocycles. The summed E-state index contributed by atoms with van der Waals surface area (Å²) in [6, 6.07) is 17.1. The van der Waals surface area contributed by atoms with Crippen LogP contribution in [-0.4, -0.2) is 22.5 Å². The van der Waals surface area contributed by atoms with E-state index < -0.39 is 0 Å². The summed E-state index contributed by atoms with van der Waals surface area (Å²) in [5.41, 5.74) is 2.69. The number of unbranched alkanes of at least 4 members (excludes halogenated alkanes) is 1. The summed E-state index contributed by atoms with van der Waals surface area (Å²) in [5, 5.41) is 13.2. The normalized spacial score (nSPS) is 10.8. The number of H-pyrrole nitrogens is 1. The van der Waals surface area contributed by atoms with Gasteiger partial charge in [0.15, 0.2) is 0 Å². The number of hydrogen-bond donors (Lipinski definition) is 3. The van der Waals surface area contributed by atoms with Crippen molar-refractivity contribution < 1.29 is 9.90 Å². The Bertz CT molecular complexity index is 793. The minimum absolute atomic E-state index is 0.111. The van der Waals surface area contributed by atoms with Crippen LogP contribution in [0.1, 0.15) is 28.9 Å². The molecule has 3 N–H and O–H groups in total. The van der Waals surface area contributed by atoms with E-state index >= 15 is 0 Å². The number of hydrogen-bond acceptors (Lipinski definition) is 2. The van der Waals surface area contributed by atoms with Gasteiger partial charge in [0.05, 0.1) is 0 Å². The van der Waals surface area contributed by atoms with Crippen LogP contribution in [0.2, 0.25) is 0 Å². The summed E-state index contributed by atoms with van der Waals surface area (Å²) in [4.78, 5) is 15.2. The Morgan fingerprint density at radius 1 is 1.04 bits per heavy atom. The Hall–Kier alpha value is -2.75. The largest absolute Gasteiger partial charge is 0.508 e. The molecule has 4 heteroatoms. The van der Waals surface area contributed by atoms with Crippen LogP contribution in [0.4, 0.5) is 0 Å². The molecule has 2 aromatic carbocycles. The monoisotopic (exact) mass is 308 g/mol. The first kappa shape index (κ1) is 15.2. The van der Waals surface area contributed by atoms with Crippen molar-refractivity contribution in [1.82, 2.24) is 10.3 Å². The smallest absolute Gasteiger partial charge is 0.267 e. The van der Waals surface area contributed by atoms with Crippen molar-refractivity contribution >= 4 is 16.8 Å². The fraction of sp³-hybridized carbons (Fsp3) is 0.211. The van der Waals surface area contributed by atoms with Gasteiger partial charge in [-0.05, 0) is 49.1 Å². The third-order valence-corrected chi connectivity index (χ3v) is 3.87. The number of nitrogens with one attached hydrogen (secondary N) is 2. The molecular weight excluding hydrogens is 288 g/mol. The lowest BCUT2D eigenvalue weighted by Crippen LogP contribution is -2.24. The van der Waals surface area contributed by atoms with E-state index in [0.717, 1.165) is 30.2 Å². The molecule has 0 radical (unpaired) electrons. The fourth-order valence-corrected chi connectivity index (χ4v) is 2.64. The van der Waals surface area contributed by atoms with Gasteiger partial charge in [-0.3, -0.25) is 4.79 Å². The van der Waals surface area contributed by atoms with Crippen molar-refractivity contribution in [3.05, 3.63) is 65.9 Å². The molecule has 0 aliphatic rings. The first-order valence-corrected chi connectivity index (χ1v) is 7.86. The molecule has 0 fully saturated rings. The Morgan fingerprint density at radius 3 is 2.70 bits per heavy atom. The van der Waals surface area contributed by atoms with E-state index in [0.29, 0.717) is 12.2 Å². The minimum Gasteiger partial charge on any atom is -0.508 e. The van der Waals surface area contributed by atoms with E-state index in [1.54, 1.807) is 24.3 Å².